The van der Waals surface area contributed by atoms with Crippen molar-refractivity contribution in [2.75, 3.05) is 46.9 Å². The van der Waals surface area contributed by atoms with Crippen LogP contribution in [0.2, 0.25) is 0 Å². The van der Waals surface area contributed by atoms with E-state index in [4.69, 9.17) is 13.9 Å². The Kier molecular flexibility index (Phi) is 6.59. The molecule has 0 spiro atoms. The van der Waals surface area contributed by atoms with Gasteiger partial charge in [-0.3, -0.25) is 4.90 Å². The van der Waals surface area contributed by atoms with Crippen molar-refractivity contribution in [2.24, 2.45) is 0 Å². The maximum absolute atomic E-state index is 12.2. The van der Waals surface area contributed by atoms with Gasteiger partial charge in [-0.1, -0.05) is 6.07 Å². The molecule has 7 nitrogen and oxygen atoms in total. The number of hydrogen-bond donors (Lipinski definition) is 1. The molecule has 146 valence electrons. The van der Waals surface area contributed by atoms with Gasteiger partial charge in [-0.05, 0) is 36.2 Å². The molecule has 0 atom stereocenters. The van der Waals surface area contributed by atoms with E-state index in [-0.39, 0.29) is 6.03 Å². The number of piperazine rings is 1. The van der Waals surface area contributed by atoms with E-state index in [1.165, 1.54) is 5.56 Å². The van der Waals surface area contributed by atoms with Crippen molar-refractivity contribution < 1.29 is 18.7 Å². The van der Waals surface area contributed by atoms with Crippen molar-refractivity contribution in [3.8, 4) is 11.5 Å². The standard InChI is InChI=1S/C20H27N3O4/c1-25-18-6-5-16(14-19(18)26-2)7-8-22-9-11-23(12-10-22)20(24)21-15-17-4-3-13-27-17/h3-6,13-14H,7-12,15H2,1-2H3,(H,21,24). The monoisotopic (exact) mass is 373 g/mol. The first-order valence-corrected chi connectivity index (χ1v) is 9.18. The lowest BCUT2D eigenvalue weighted by molar-refractivity contribution is 0.139. The van der Waals surface area contributed by atoms with Gasteiger partial charge >= 0.3 is 6.03 Å². The first kappa shape index (κ1) is 19.1. The Bertz CT molecular complexity index is 725. The molecule has 0 saturated carbocycles. The van der Waals surface area contributed by atoms with Gasteiger partial charge in [0.05, 0.1) is 27.0 Å². The van der Waals surface area contributed by atoms with E-state index in [0.29, 0.717) is 6.54 Å². The van der Waals surface area contributed by atoms with Gasteiger partial charge in [-0.15, -0.1) is 0 Å². The van der Waals surface area contributed by atoms with Crippen LogP contribution in [-0.2, 0) is 13.0 Å². The molecule has 1 fully saturated rings. The molecule has 2 heterocycles. The van der Waals surface area contributed by atoms with Crippen LogP contribution >= 0.6 is 0 Å². The van der Waals surface area contributed by atoms with Crippen LogP contribution in [0.1, 0.15) is 11.3 Å². The highest BCUT2D eigenvalue weighted by Gasteiger charge is 2.20. The van der Waals surface area contributed by atoms with Gasteiger partial charge < -0.3 is 24.1 Å². The molecular weight excluding hydrogens is 346 g/mol. The molecular formula is C20H27N3O4. The molecule has 1 N–H and O–H groups in total. The summed E-state index contributed by atoms with van der Waals surface area (Å²) < 4.78 is 15.9. The predicted molar refractivity (Wildman–Crippen MR) is 102 cm³/mol. The number of urea groups is 1. The van der Waals surface area contributed by atoms with E-state index >= 15 is 0 Å². The Morgan fingerprint density at radius 3 is 2.56 bits per heavy atom. The van der Waals surface area contributed by atoms with E-state index in [2.05, 4.69) is 16.3 Å². The van der Waals surface area contributed by atoms with Gasteiger partial charge in [0.25, 0.3) is 0 Å². The summed E-state index contributed by atoms with van der Waals surface area (Å²) in [6.45, 7) is 4.59. The van der Waals surface area contributed by atoms with Crippen LogP contribution in [-0.4, -0.2) is 62.8 Å². The second-order valence-corrected chi connectivity index (χ2v) is 6.51. The van der Waals surface area contributed by atoms with Gasteiger partial charge in [-0.25, -0.2) is 4.79 Å². The van der Waals surface area contributed by atoms with E-state index in [1.807, 2.05) is 29.2 Å². The third-order valence-electron chi connectivity index (χ3n) is 4.82. The SMILES string of the molecule is COc1ccc(CCN2CCN(C(=O)NCc3ccco3)CC2)cc1OC. The molecule has 1 aromatic heterocycles. The summed E-state index contributed by atoms with van der Waals surface area (Å²) in [6, 6.07) is 9.67. The summed E-state index contributed by atoms with van der Waals surface area (Å²) in [7, 11) is 3.29. The Hall–Kier alpha value is -2.67. The van der Waals surface area contributed by atoms with Crippen molar-refractivity contribution in [3.63, 3.8) is 0 Å². The summed E-state index contributed by atoms with van der Waals surface area (Å²) in [5.74, 6) is 2.26. The molecule has 0 radical (unpaired) electrons. The number of nitrogens with zero attached hydrogens (tertiary/aromatic N) is 2. The van der Waals surface area contributed by atoms with Crippen LogP contribution in [0, 0.1) is 0 Å². The van der Waals surface area contributed by atoms with E-state index < -0.39 is 0 Å². The topological polar surface area (TPSA) is 67.2 Å². The zero-order valence-electron chi connectivity index (χ0n) is 15.9. The highest BCUT2D eigenvalue weighted by molar-refractivity contribution is 5.74. The first-order valence-electron chi connectivity index (χ1n) is 9.18. The maximum atomic E-state index is 12.2. The largest absolute Gasteiger partial charge is 0.493 e. The second kappa shape index (κ2) is 9.32. The average Bonchev–Trinajstić information content (AvgIpc) is 3.24. The zero-order valence-corrected chi connectivity index (χ0v) is 15.9. The number of carbonyl (C=O) groups excluding carboxylic acids is 1. The number of rotatable bonds is 7. The van der Waals surface area contributed by atoms with Crippen LogP contribution in [0.5, 0.6) is 11.5 Å². The fourth-order valence-electron chi connectivity index (χ4n) is 3.19. The number of ether oxygens (including phenoxy) is 2. The summed E-state index contributed by atoms with van der Waals surface area (Å²) in [5, 5.41) is 2.90. The third-order valence-corrected chi connectivity index (χ3v) is 4.82. The first-order chi connectivity index (χ1) is 13.2. The normalized spacial score (nSPS) is 14.8. The molecule has 1 aromatic carbocycles. The molecule has 2 aromatic rings. The molecule has 7 heteroatoms. The van der Waals surface area contributed by atoms with Crippen molar-refractivity contribution in [1.82, 2.24) is 15.1 Å². The Labute approximate surface area is 159 Å². The highest BCUT2D eigenvalue weighted by Crippen LogP contribution is 2.27. The Balaban J connectivity index is 1.41. The molecule has 1 aliphatic heterocycles. The predicted octanol–water partition coefficient (Wildman–Crippen LogP) is 2.37. The number of hydrogen-bond acceptors (Lipinski definition) is 5. The fraction of sp³-hybridized carbons (Fsp3) is 0.450. The lowest BCUT2D eigenvalue weighted by Gasteiger charge is -2.34. The van der Waals surface area contributed by atoms with Crippen LogP contribution in [0.4, 0.5) is 4.79 Å². The van der Waals surface area contributed by atoms with Crippen molar-refractivity contribution in [2.45, 2.75) is 13.0 Å². The molecule has 0 bridgehead atoms. The number of furan rings is 1. The lowest BCUT2D eigenvalue weighted by atomic mass is 10.1. The van der Waals surface area contributed by atoms with Gasteiger partial charge in [0.15, 0.2) is 11.5 Å². The minimum atomic E-state index is -0.0362. The van der Waals surface area contributed by atoms with Gasteiger partial charge in [-0.2, -0.15) is 0 Å². The number of nitrogens with one attached hydrogen (secondary N) is 1. The molecule has 2 amide bonds. The molecule has 3 rings (SSSR count). The van der Waals surface area contributed by atoms with Crippen molar-refractivity contribution >= 4 is 6.03 Å². The van der Waals surface area contributed by atoms with Gasteiger partial charge in [0.2, 0.25) is 0 Å². The smallest absolute Gasteiger partial charge is 0.317 e. The summed E-state index contributed by atoms with van der Waals surface area (Å²) in [6.07, 6.45) is 2.55. The van der Waals surface area contributed by atoms with E-state index in [1.54, 1.807) is 20.5 Å². The number of benzene rings is 1. The number of carbonyl (C=O) groups is 1. The Morgan fingerprint density at radius 2 is 1.89 bits per heavy atom. The van der Waals surface area contributed by atoms with Crippen LogP contribution < -0.4 is 14.8 Å². The van der Waals surface area contributed by atoms with Crippen molar-refractivity contribution in [3.05, 3.63) is 47.9 Å². The van der Waals surface area contributed by atoms with Crippen LogP contribution in [0.25, 0.3) is 0 Å². The Morgan fingerprint density at radius 1 is 1.11 bits per heavy atom. The highest BCUT2D eigenvalue weighted by atomic mass is 16.5. The summed E-state index contributed by atoms with van der Waals surface area (Å²) in [5.41, 5.74) is 1.21. The quantitative estimate of drug-likeness (QED) is 0.807. The van der Waals surface area contributed by atoms with E-state index in [9.17, 15) is 4.79 Å². The third kappa shape index (κ3) is 5.17. The molecule has 27 heavy (non-hydrogen) atoms. The van der Waals surface area contributed by atoms with Crippen LogP contribution in [0.15, 0.2) is 41.0 Å². The van der Waals surface area contributed by atoms with E-state index in [0.717, 1.165) is 56.4 Å². The fourth-order valence-corrected chi connectivity index (χ4v) is 3.19. The number of amides is 2. The molecule has 1 saturated heterocycles. The second-order valence-electron chi connectivity index (χ2n) is 6.51. The van der Waals surface area contributed by atoms with Crippen LogP contribution in [0.3, 0.4) is 0 Å². The number of methoxy groups -OCH3 is 2. The average molecular weight is 373 g/mol. The zero-order chi connectivity index (χ0) is 19.1. The van der Waals surface area contributed by atoms with Gasteiger partial charge in [0, 0.05) is 32.7 Å². The summed E-state index contributed by atoms with van der Waals surface area (Å²) in [4.78, 5) is 16.5. The lowest BCUT2D eigenvalue weighted by Crippen LogP contribution is -2.51. The van der Waals surface area contributed by atoms with Gasteiger partial charge in [0.1, 0.15) is 5.76 Å². The minimum Gasteiger partial charge on any atom is -0.493 e. The molecule has 0 aliphatic carbocycles. The molecule has 1 aliphatic rings. The van der Waals surface area contributed by atoms with Crippen molar-refractivity contribution in [1.29, 1.82) is 0 Å². The minimum absolute atomic E-state index is 0.0362. The summed E-state index contributed by atoms with van der Waals surface area (Å²) >= 11 is 0. The molecule has 0 unspecified atom stereocenters. The maximum Gasteiger partial charge on any atom is 0.317 e.